The van der Waals surface area contributed by atoms with Gasteiger partial charge >= 0.3 is 11.9 Å². The summed E-state index contributed by atoms with van der Waals surface area (Å²) in [4.78, 5) is 26.3. The molecule has 2 unspecified atom stereocenters. The van der Waals surface area contributed by atoms with E-state index in [2.05, 4.69) is 13.8 Å². The molecule has 0 heterocycles. The van der Waals surface area contributed by atoms with E-state index >= 15 is 0 Å². The summed E-state index contributed by atoms with van der Waals surface area (Å²) in [7, 11) is 0. The van der Waals surface area contributed by atoms with Crippen molar-refractivity contribution in [1.29, 1.82) is 0 Å². The topological polar surface area (TPSA) is 52.6 Å². The summed E-state index contributed by atoms with van der Waals surface area (Å²) in [5.74, 6) is 0.123. The third-order valence-corrected chi connectivity index (χ3v) is 6.37. The molecule has 1 fully saturated rings. The number of fused-ring (bicyclic) bond motifs is 2. The van der Waals surface area contributed by atoms with E-state index in [1.54, 1.807) is 12.1 Å². The molecule has 0 saturated heterocycles. The van der Waals surface area contributed by atoms with Crippen LogP contribution < -0.4 is 9.47 Å². The Kier molecular flexibility index (Phi) is 4.81. The molecule has 0 aromatic heterocycles. The molecule has 2 bridgehead atoms. The first kappa shape index (κ1) is 19.4. The van der Waals surface area contributed by atoms with Crippen LogP contribution >= 0.6 is 0 Å². The van der Waals surface area contributed by atoms with E-state index in [0.29, 0.717) is 22.6 Å². The van der Waals surface area contributed by atoms with Gasteiger partial charge in [0.15, 0.2) is 0 Å². The second kappa shape index (κ2) is 7.18. The first-order valence-corrected chi connectivity index (χ1v) is 10.1. The largest absolute Gasteiger partial charge is 0.423 e. The second-order valence-electron chi connectivity index (χ2n) is 8.74. The quantitative estimate of drug-likeness (QED) is 0.533. The van der Waals surface area contributed by atoms with E-state index in [1.165, 1.54) is 0 Å². The van der Waals surface area contributed by atoms with Crippen LogP contribution in [0.4, 0.5) is 0 Å². The van der Waals surface area contributed by atoms with E-state index < -0.39 is 11.9 Å². The number of rotatable bonds is 4. The first-order valence-electron chi connectivity index (χ1n) is 10.1. The van der Waals surface area contributed by atoms with Crippen LogP contribution in [-0.2, 0) is 9.59 Å². The van der Waals surface area contributed by atoms with Crippen LogP contribution in [-0.4, -0.2) is 11.9 Å². The molecule has 2 aromatic rings. The molecule has 29 heavy (non-hydrogen) atoms. The SMILES string of the molecule is Cc1cccc(OC(=O)C2=C(C(=O)Oc3cccc(C)c3)C3CCC2C3(C)C)c1. The number of esters is 2. The molecule has 2 aliphatic rings. The number of hydrogen-bond donors (Lipinski definition) is 0. The zero-order valence-electron chi connectivity index (χ0n) is 17.3. The Hall–Kier alpha value is -2.88. The minimum atomic E-state index is -0.438. The minimum Gasteiger partial charge on any atom is -0.423 e. The van der Waals surface area contributed by atoms with Crippen LogP contribution in [0.25, 0.3) is 0 Å². The van der Waals surface area contributed by atoms with E-state index in [-0.39, 0.29) is 17.3 Å². The third kappa shape index (κ3) is 3.48. The Balaban J connectivity index is 1.67. The molecule has 2 atom stereocenters. The summed E-state index contributed by atoms with van der Waals surface area (Å²) in [6.45, 7) is 8.15. The molecule has 0 radical (unpaired) electrons. The van der Waals surface area contributed by atoms with Crippen molar-refractivity contribution in [2.75, 3.05) is 0 Å². The van der Waals surface area contributed by atoms with E-state index in [1.807, 2.05) is 50.2 Å². The second-order valence-corrected chi connectivity index (χ2v) is 8.74. The predicted molar refractivity (Wildman–Crippen MR) is 111 cm³/mol. The minimum absolute atomic E-state index is 0.00451. The van der Waals surface area contributed by atoms with Crippen LogP contribution in [0.5, 0.6) is 11.5 Å². The molecule has 2 aliphatic carbocycles. The number of hydrogen-bond acceptors (Lipinski definition) is 4. The lowest BCUT2D eigenvalue weighted by Gasteiger charge is -2.25. The normalized spacial score (nSPS) is 21.9. The van der Waals surface area contributed by atoms with E-state index in [0.717, 1.165) is 24.0 Å². The summed E-state index contributed by atoms with van der Waals surface area (Å²) in [5.41, 5.74) is 2.84. The number of carbonyl (C=O) groups is 2. The lowest BCUT2D eigenvalue weighted by molar-refractivity contribution is -0.133. The average molecular weight is 390 g/mol. The zero-order valence-corrected chi connectivity index (χ0v) is 17.3. The number of carbonyl (C=O) groups excluding carboxylic acids is 2. The summed E-state index contributed by atoms with van der Waals surface area (Å²) < 4.78 is 11.3. The van der Waals surface area contributed by atoms with Crippen molar-refractivity contribution >= 4 is 11.9 Å². The van der Waals surface area contributed by atoms with Crippen LogP contribution in [0.15, 0.2) is 59.7 Å². The molecule has 0 amide bonds. The molecular formula is C25H26O4. The highest BCUT2D eigenvalue weighted by molar-refractivity contribution is 6.04. The van der Waals surface area contributed by atoms with Gasteiger partial charge in [0.25, 0.3) is 0 Å². The van der Waals surface area contributed by atoms with Crippen molar-refractivity contribution in [2.45, 2.75) is 40.5 Å². The van der Waals surface area contributed by atoms with Crippen molar-refractivity contribution in [2.24, 2.45) is 17.3 Å². The number of ether oxygens (including phenoxy) is 2. The van der Waals surface area contributed by atoms with Gasteiger partial charge in [-0.05, 0) is 79.3 Å². The zero-order chi connectivity index (χ0) is 20.8. The average Bonchev–Trinajstić information content (AvgIpc) is 3.07. The molecule has 1 saturated carbocycles. The van der Waals surface area contributed by atoms with Gasteiger partial charge in [-0.15, -0.1) is 0 Å². The van der Waals surface area contributed by atoms with Crippen LogP contribution in [0.3, 0.4) is 0 Å². The summed E-state index contributed by atoms with van der Waals surface area (Å²) in [6, 6.07) is 14.8. The lowest BCUT2D eigenvalue weighted by atomic mass is 9.79. The maximum absolute atomic E-state index is 13.1. The number of aryl methyl sites for hydroxylation is 2. The Labute approximate surface area is 171 Å². The predicted octanol–water partition coefficient (Wildman–Crippen LogP) is 5.18. The van der Waals surface area contributed by atoms with Gasteiger partial charge in [0.05, 0.1) is 11.1 Å². The van der Waals surface area contributed by atoms with Gasteiger partial charge in [0, 0.05) is 0 Å². The lowest BCUT2D eigenvalue weighted by Crippen LogP contribution is -2.24. The Morgan fingerprint density at radius 1 is 0.793 bits per heavy atom. The number of benzene rings is 2. The summed E-state index contributed by atoms with van der Waals surface area (Å²) in [6.07, 6.45) is 1.77. The molecule has 0 N–H and O–H groups in total. The van der Waals surface area contributed by atoms with Gasteiger partial charge in [0.2, 0.25) is 0 Å². The monoisotopic (exact) mass is 390 g/mol. The Morgan fingerprint density at radius 3 is 1.59 bits per heavy atom. The Bertz CT molecular complexity index is 935. The third-order valence-electron chi connectivity index (χ3n) is 6.37. The fourth-order valence-electron chi connectivity index (χ4n) is 4.91. The molecule has 150 valence electrons. The highest BCUT2D eigenvalue weighted by atomic mass is 16.5. The molecule has 0 spiro atoms. The van der Waals surface area contributed by atoms with Crippen molar-refractivity contribution < 1.29 is 19.1 Å². The fourth-order valence-corrected chi connectivity index (χ4v) is 4.91. The van der Waals surface area contributed by atoms with Crippen molar-refractivity contribution in [3.8, 4) is 11.5 Å². The van der Waals surface area contributed by atoms with Crippen molar-refractivity contribution in [3.05, 3.63) is 70.8 Å². The van der Waals surface area contributed by atoms with Gasteiger partial charge in [-0.3, -0.25) is 0 Å². The molecular weight excluding hydrogens is 364 g/mol. The van der Waals surface area contributed by atoms with Gasteiger partial charge < -0.3 is 9.47 Å². The highest BCUT2D eigenvalue weighted by Gasteiger charge is 2.57. The smallest absolute Gasteiger partial charge is 0.340 e. The summed E-state index contributed by atoms with van der Waals surface area (Å²) >= 11 is 0. The maximum atomic E-state index is 13.1. The molecule has 4 rings (SSSR count). The highest BCUT2D eigenvalue weighted by Crippen LogP contribution is 2.60. The van der Waals surface area contributed by atoms with Gasteiger partial charge in [0.1, 0.15) is 11.5 Å². The maximum Gasteiger partial charge on any atom is 0.340 e. The van der Waals surface area contributed by atoms with E-state index in [4.69, 9.17) is 9.47 Å². The first-order chi connectivity index (χ1) is 13.8. The van der Waals surface area contributed by atoms with Gasteiger partial charge in [-0.1, -0.05) is 38.1 Å². The van der Waals surface area contributed by atoms with Crippen LogP contribution in [0, 0.1) is 31.1 Å². The standard InChI is InChI=1S/C25H26O4/c1-15-7-5-9-17(13-15)28-23(26)21-19-11-12-20(25(19,3)4)22(21)24(27)29-18-10-6-8-16(2)14-18/h5-10,13-14,19-20H,11-12H2,1-4H3. The molecule has 2 aromatic carbocycles. The van der Waals surface area contributed by atoms with Crippen LogP contribution in [0.2, 0.25) is 0 Å². The molecule has 4 heteroatoms. The fraction of sp³-hybridized carbons (Fsp3) is 0.360. The summed E-state index contributed by atoms with van der Waals surface area (Å²) in [5, 5.41) is 0. The molecule has 4 nitrogen and oxygen atoms in total. The Morgan fingerprint density at radius 2 is 1.21 bits per heavy atom. The molecule has 0 aliphatic heterocycles. The van der Waals surface area contributed by atoms with Gasteiger partial charge in [-0.25, -0.2) is 9.59 Å². The van der Waals surface area contributed by atoms with E-state index in [9.17, 15) is 9.59 Å². The van der Waals surface area contributed by atoms with Crippen molar-refractivity contribution in [1.82, 2.24) is 0 Å². The van der Waals surface area contributed by atoms with Gasteiger partial charge in [-0.2, -0.15) is 0 Å². The van der Waals surface area contributed by atoms with Crippen LogP contribution in [0.1, 0.15) is 37.8 Å². The van der Waals surface area contributed by atoms with Crippen molar-refractivity contribution in [3.63, 3.8) is 0 Å².